The number of carbonyl (C=O) groups excluding carboxylic acids is 1. The molecule has 156 valence electrons. The lowest BCUT2D eigenvalue weighted by Gasteiger charge is -2.46. The Morgan fingerprint density at radius 2 is 1.70 bits per heavy atom. The van der Waals surface area contributed by atoms with E-state index in [1.807, 2.05) is 66.5 Å². The van der Waals surface area contributed by atoms with Crippen LogP contribution >= 0.6 is 0 Å². The molecule has 0 saturated heterocycles. The van der Waals surface area contributed by atoms with Crippen molar-refractivity contribution in [2.45, 2.75) is 44.3 Å². The van der Waals surface area contributed by atoms with Crippen LogP contribution in [0.5, 0.6) is 0 Å². The number of anilines is 1. The summed E-state index contributed by atoms with van der Waals surface area (Å²) in [6.45, 7) is 0.522. The first kappa shape index (κ1) is 19.9. The highest BCUT2D eigenvalue weighted by molar-refractivity contribution is 6.10. The Bertz CT molecular complexity index is 978. The van der Waals surface area contributed by atoms with Crippen LogP contribution in [0, 0.1) is 0 Å². The summed E-state index contributed by atoms with van der Waals surface area (Å²) < 4.78 is 0. The minimum atomic E-state index is -0.581. The predicted octanol–water partition coefficient (Wildman–Crippen LogP) is 3.07. The molecule has 1 fully saturated rings. The summed E-state index contributed by atoms with van der Waals surface area (Å²) in [5.41, 5.74) is 14.1. The van der Waals surface area contributed by atoms with E-state index in [1.165, 1.54) is 0 Å². The van der Waals surface area contributed by atoms with Crippen molar-refractivity contribution in [1.29, 1.82) is 0 Å². The van der Waals surface area contributed by atoms with Gasteiger partial charge in [-0.2, -0.15) is 4.99 Å². The first-order valence-corrected chi connectivity index (χ1v) is 10.4. The quantitative estimate of drug-likeness (QED) is 0.818. The van der Waals surface area contributed by atoms with Crippen LogP contribution < -0.4 is 16.4 Å². The van der Waals surface area contributed by atoms with Crippen molar-refractivity contribution in [3.63, 3.8) is 0 Å². The van der Waals surface area contributed by atoms with E-state index in [1.54, 1.807) is 4.90 Å². The molecule has 4 rings (SSSR count). The van der Waals surface area contributed by atoms with Crippen LogP contribution in [-0.2, 0) is 6.54 Å². The third kappa shape index (κ3) is 3.75. The standard InChI is InChI=1S/C23H28N6O/c1-28(16-17-10-4-2-5-11-17)20(30)18-12-6-7-13-19(18)29-22(25)26-21(24)27-23(29)14-8-3-9-15-23/h2,4-7,10-13H,3,8-9,14-16H2,1H3,(H4,24,25,26,27). The zero-order valence-corrected chi connectivity index (χ0v) is 17.3. The molecule has 1 saturated carbocycles. The molecule has 1 spiro atoms. The smallest absolute Gasteiger partial charge is 0.256 e. The lowest BCUT2D eigenvalue weighted by molar-refractivity contribution is 0.0785. The highest BCUT2D eigenvalue weighted by atomic mass is 16.2. The number of hydrogen-bond acceptors (Lipinski definition) is 6. The van der Waals surface area contributed by atoms with E-state index < -0.39 is 5.66 Å². The average molecular weight is 405 g/mol. The van der Waals surface area contributed by atoms with E-state index in [-0.39, 0.29) is 17.8 Å². The predicted molar refractivity (Wildman–Crippen MR) is 120 cm³/mol. The molecule has 2 aliphatic rings. The maximum atomic E-state index is 13.4. The molecule has 7 nitrogen and oxygen atoms in total. The summed E-state index contributed by atoms with van der Waals surface area (Å²) >= 11 is 0. The topological polar surface area (TPSA) is 100 Å². The van der Waals surface area contributed by atoms with Gasteiger partial charge in [0.2, 0.25) is 11.9 Å². The summed E-state index contributed by atoms with van der Waals surface area (Å²) in [5.74, 6) is 0.418. The average Bonchev–Trinajstić information content (AvgIpc) is 2.74. The van der Waals surface area contributed by atoms with E-state index in [4.69, 9.17) is 16.5 Å². The zero-order chi connectivity index (χ0) is 21.1. The Morgan fingerprint density at radius 1 is 1.03 bits per heavy atom. The van der Waals surface area contributed by atoms with E-state index >= 15 is 0 Å². The van der Waals surface area contributed by atoms with Gasteiger partial charge in [0.1, 0.15) is 5.66 Å². The summed E-state index contributed by atoms with van der Waals surface area (Å²) in [6, 6.07) is 17.5. The van der Waals surface area contributed by atoms with Crippen LogP contribution in [0.25, 0.3) is 0 Å². The number of benzene rings is 2. The van der Waals surface area contributed by atoms with Crippen LogP contribution in [0.3, 0.4) is 0 Å². The van der Waals surface area contributed by atoms with Crippen molar-refractivity contribution < 1.29 is 4.79 Å². The fourth-order valence-electron chi connectivity index (χ4n) is 4.45. The van der Waals surface area contributed by atoms with Crippen LogP contribution in [0.15, 0.2) is 64.6 Å². The molecule has 30 heavy (non-hydrogen) atoms. The zero-order valence-electron chi connectivity index (χ0n) is 17.3. The Morgan fingerprint density at radius 3 is 2.43 bits per heavy atom. The van der Waals surface area contributed by atoms with Crippen LogP contribution in [0.4, 0.5) is 5.69 Å². The Hall–Kier alpha value is -3.35. The maximum Gasteiger partial charge on any atom is 0.256 e. The molecule has 1 aliphatic heterocycles. The van der Waals surface area contributed by atoms with Crippen molar-refractivity contribution in [1.82, 2.24) is 4.90 Å². The second kappa shape index (κ2) is 8.18. The van der Waals surface area contributed by atoms with Crippen LogP contribution in [0.1, 0.15) is 48.0 Å². The van der Waals surface area contributed by atoms with Crippen LogP contribution in [0.2, 0.25) is 0 Å². The van der Waals surface area contributed by atoms with E-state index in [9.17, 15) is 4.79 Å². The van der Waals surface area contributed by atoms with E-state index in [0.29, 0.717) is 12.1 Å². The van der Waals surface area contributed by atoms with Crippen molar-refractivity contribution in [2.24, 2.45) is 21.5 Å². The first-order valence-electron chi connectivity index (χ1n) is 10.4. The van der Waals surface area contributed by atoms with Crippen molar-refractivity contribution in [2.75, 3.05) is 11.9 Å². The molecular weight excluding hydrogens is 376 g/mol. The fourth-order valence-corrected chi connectivity index (χ4v) is 4.45. The lowest BCUT2D eigenvalue weighted by atomic mass is 9.87. The summed E-state index contributed by atoms with van der Waals surface area (Å²) in [7, 11) is 1.81. The molecule has 2 aromatic rings. The minimum absolute atomic E-state index is 0.0734. The Balaban J connectivity index is 1.70. The van der Waals surface area contributed by atoms with Gasteiger partial charge in [-0.3, -0.25) is 9.69 Å². The number of para-hydroxylation sites is 1. The number of amides is 1. The monoisotopic (exact) mass is 404 g/mol. The SMILES string of the molecule is CN(Cc1ccccc1)C(=O)c1ccccc1N1C(N)=NC(N)=NC12CCCCC2. The summed E-state index contributed by atoms with van der Waals surface area (Å²) in [4.78, 5) is 26.0. The molecule has 0 bridgehead atoms. The highest BCUT2D eigenvalue weighted by Crippen LogP contribution is 2.40. The van der Waals surface area contributed by atoms with E-state index in [0.717, 1.165) is 43.4 Å². The molecule has 7 heteroatoms. The van der Waals surface area contributed by atoms with Gasteiger partial charge in [0.15, 0.2) is 0 Å². The van der Waals surface area contributed by atoms with Crippen molar-refractivity contribution in [3.05, 3.63) is 65.7 Å². The summed E-state index contributed by atoms with van der Waals surface area (Å²) in [6.07, 6.45) is 4.87. The Kier molecular flexibility index (Phi) is 5.44. The van der Waals surface area contributed by atoms with Gasteiger partial charge in [-0.05, 0) is 43.4 Å². The molecule has 0 unspecified atom stereocenters. The second-order valence-electron chi connectivity index (χ2n) is 7.98. The number of nitrogens with zero attached hydrogens (tertiary/aromatic N) is 4. The molecule has 1 heterocycles. The molecule has 0 radical (unpaired) electrons. The molecule has 1 amide bonds. The number of aliphatic imine (C=N–C) groups is 2. The molecule has 4 N–H and O–H groups in total. The molecule has 0 aromatic heterocycles. The third-order valence-electron chi connectivity index (χ3n) is 5.84. The van der Waals surface area contributed by atoms with Gasteiger partial charge in [0.25, 0.3) is 5.91 Å². The van der Waals surface area contributed by atoms with E-state index in [2.05, 4.69) is 4.99 Å². The number of carbonyl (C=O) groups is 1. The van der Waals surface area contributed by atoms with Crippen molar-refractivity contribution >= 4 is 23.5 Å². The largest absolute Gasteiger partial charge is 0.369 e. The van der Waals surface area contributed by atoms with Crippen LogP contribution in [-0.4, -0.2) is 35.4 Å². The third-order valence-corrected chi connectivity index (χ3v) is 5.84. The number of nitrogens with two attached hydrogens (primary N) is 2. The normalized spacial score (nSPS) is 18.0. The van der Waals surface area contributed by atoms with Gasteiger partial charge in [0, 0.05) is 13.6 Å². The minimum Gasteiger partial charge on any atom is -0.369 e. The Labute approximate surface area is 177 Å². The number of rotatable bonds is 4. The first-order chi connectivity index (χ1) is 14.5. The summed E-state index contributed by atoms with van der Waals surface area (Å²) in [5, 5.41) is 0. The van der Waals surface area contributed by atoms with Gasteiger partial charge < -0.3 is 16.4 Å². The number of hydrogen-bond donors (Lipinski definition) is 2. The fraction of sp³-hybridized carbons (Fsp3) is 0.348. The van der Waals surface area contributed by atoms with Gasteiger partial charge in [0.05, 0.1) is 11.3 Å². The maximum absolute atomic E-state index is 13.4. The highest BCUT2D eigenvalue weighted by Gasteiger charge is 2.43. The molecular formula is C23H28N6O. The second-order valence-corrected chi connectivity index (χ2v) is 7.98. The lowest BCUT2D eigenvalue weighted by Crippen LogP contribution is -2.58. The van der Waals surface area contributed by atoms with Gasteiger partial charge in [-0.1, -0.05) is 48.9 Å². The molecule has 2 aromatic carbocycles. The number of guanidine groups is 2. The molecule has 1 aliphatic carbocycles. The van der Waals surface area contributed by atoms with Gasteiger partial charge >= 0.3 is 0 Å². The molecule has 0 atom stereocenters. The van der Waals surface area contributed by atoms with Crippen molar-refractivity contribution in [3.8, 4) is 0 Å². The van der Waals surface area contributed by atoms with Gasteiger partial charge in [-0.25, -0.2) is 4.99 Å². The van der Waals surface area contributed by atoms with Gasteiger partial charge in [-0.15, -0.1) is 0 Å².